The first kappa shape index (κ1) is 15.2. The van der Waals surface area contributed by atoms with Crippen LogP contribution in [-0.2, 0) is 12.7 Å². The summed E-state index contributed by atoms with van der Waals surface area (Å²) in [6, 6.07) is 16.5. The maximum Gasteiger partial charge on any atom is 0.416 e. The number of para-hydroxylation sites is 1. The molecule has 0 amide bonds. The zero-order valence-electron chi connectivity index (χ0n) is 12.1. The summed E-state index contributed by atoms with van der Waals surface area (Å²) in [6.45, 7) is 0.505. The molecule has 0 aliphatic carbocycles. The van der Waals surface area contributed by atoms with Crippen molar-refractivity contribution >= 4 is 5.69 Å². The van der Waals surface area contributed by atoms with E-state index in [0.29, 0.717) is 17.9 Å². The molecule has 118 valence electrons. The molecule has 0 atom stereocenters. The lowest BCUT2D eigenvalue weighted by atomic mass is 10.1. The Morgan fingerprint density at radius 1 is 0.870 bits per heavy atom. The van der Waals surface area contributed by atoms with Crippen LogP contribution < -0.4 is 5.32 Å². The fourth-order valence-electron chi connectivity index (χ4n) is 2.22. The van der Waals surface area contributed by atoms with Crippen molar-refractivity contribution in [3.05, 3.63) is 78.3 Å². The van der Waals surface area contributed by atoms with Gasteiger partial charge in [0, 0.05) is 11.3 Å². The Hall–Kier alpha value is -2.69. The molecule has 2 aromatic carbocycles. The fourth-order valence-corrected chi connectivity index (χ4v) is 2.22. The van der Waals surface area contributed by atoms with Gasteiger partial charge in [-0.2, -0.15) is 13.2 Å². The lowest BCUT2D eigenvalue weighted by Gasteiger charge is -2.06. The molecule has 1 aromatic heterocycles. The van der Waals surface area contributed by atoms with E-state index in [4.69, 9.17) is 4.42 Å². The Balaban J connectivity index is 1.69. The third-order valence-corrected chi connectivity index (χ3v) is 3.44. The molecule has 0 aliphatic rings. The minimum absolute atomic E-state index is 0.505. The van der Waals surface area contributed by atoms with Gasteiger partial charge < -0.3 is 9.73 Å². The van der Waals surface area contributed by atoms with E-state index < -0.39 is 11.7 Å². The Morgan fingerprint density at radius 2 is 1.57 bits per heavy atom. The van der Waals surface area contributed by atoms with Crippen molar-refractivity contribution in [1.82, 2.24) is 0 Å². The van der Waals surface area contributed by atoms with E-state index >= 15 is 0 Å². The first-order valence-corrected chi connectivity index (χ1v) is 7.06. The van der Waals surface area contributed by atoms with Crippen molar-refractivity contribution in [3.63, 3.8) is 0 Å². The van der Waals surface area contributed by atoms with Gasteiger partial charge in [0.1, 0.15) is 5.76 Å². The van der Waals surface area contributed by atoms with Crippen LogP contribution in [0.25, 0.3) is 11.1 Å². The molecule has 0 radical (unpaired) electrons. The Morgan fingerprint density at radius 3 is 2.22 bits per heavy atom. The Labute approximate surface area is 131 Å². The van der Waals surface area contributed by atoms with E-state index in [-0.39, 0.29) is 0 Å². The summed E-state index contributed by atoms with van der Waals surface area (Å²) < 4.78 is 43.1. The topological polar surface area (TPSA) is 25.2 Å². The van der Waals surface area contributed by atoms with Crippen molar-refractivity contribution < 1.29 is 17.6 Å². The second-order valence-corrected chi connectivity index (χ2v) is 5.10. The first-order chi connectivity index (χ1) is 11.0. The van der Waals surface area contributed by atoms with Gasteiger partial charge in [0.05, 0.1) is 18.4 Å². The smallest absolute Gasteiger partial charge is 0.416 e. The Bertz CT molecular complexity index is 761. The van der Waals surface area contributed by atoms with E-state index in [9.17, 15) is 13.2 Å². The summed E-state index contributed by atoms with van der Waals surface area (Å²) in [7, 11) is 0. The number of hydrogen-bond acceptors (Lipinski definition) is 2. The van der Waals surface area contributed by atoms with Crippen molar-refractivity contribution in [2.24, 2.45) is 0 Å². The number of benzene rings is 2. The maximum absolute atomic E-state index is 12.6. The zero-order valence-corrected chi connectivity index (χ0v) is 12.1. The number of furan rings is 1. The lowest BCUT2D eigenvalue weighted by molar-refractivity contribution is -0.137. The van der Waals surface area contributed by atoms with Crippen LogP contribution in [0.1, 0.15) is 11.3 Å². The SMILES string of the molecule is FC(F)(F)c1ccc(-c2coc(CNc3ccccc3)c2)cc1. The Kier molecular flexibility index (Phi) is 4.10. The molecular formula is C18H14F3NO. The van der Waals surface area contributed by atoms with Crippen LogP contribution in [0.2, 0.25) is 0 Å². The zero-order chi connectivity index (χ0) is 16.3. The number of halogens is 3. The first-order valence-electron chi connectivity index (χ1n) is 7.06. The van der Waals surface area contributed by atoms with Crippen LogP contribution in [0.15, 0.2) is 71.3 Å². The normalized spacial score (nSPS) is 11.4. The summed E-state index contributed by atoms with van der Waals surface area (Å²) in [5, 5.41) is 3.21. The summed E-state index contributed by atoms with van der Waals surface area (Å²) in [5.74, 6) is 0.712. The summed E-state index contributed by atoms with van der Waals surface area (Å²) in [4.78, 5) is 0. The maximum atomic E-state index is 12.6. The van der Waals surface area contributed by atoms with Crippen LogP contribution in [-0.4, -0.2) is 0 Å². The van der Waals surface area contributed by atoms with E-state index in [2.05, 4.69) is 5.32 Å². The standard InChI is InChI=1S/C18H14F3NO/c19-18(20,21)15-8-6-13(7-9-15)14-10-17(23-12-14)11-22-16-4-2-1-3-5-16/h1-10,12,22H,11H2. The number of nitrogens with one attached hydrogen (secondary N) is 1. The van der Waals surface area contributed by atoms with Gasteiger partial charge in [-0.1, -0.05) is 30.3 Å². The molecule has 1 heterocycles. The molecule has 3 rings (SSSR count). The van der Waals surface area contributed by atoms with Gasteiger partial charge in [0.2, 0.25) is 0 Å². The summed E-state index contributed by atoms with van der Waals surface area (Å²) >= 11 is 0. The monoisotopic (exact) mass is 317 g/mol. The number of anilines is 1. The third kappa shape index (κ3) is 3.74. The predicted molar refractivity (Wildman–Crippen MR) is 82.9 cm³/mol. The van der Waals surface area contributed by atoms with Crippen LogP contribution in [0, 0.1) is 0 Å². The quantitative estimate of drug-likeness (QED) is 0.680. The highest BCUT2D eigenvalue weighted by atomic mass is 19.4. The molecule has 5 heteroatoms. The van der Waals surface area contributed by atoms with Crippen LogP contribution in [0.5, 0.6) is 0 Å². The van der Waals surface area contributed by atoms with Gasteiger partial charge in [-0.05, 0) is 35.9 Å². The molecular weight excluding hydrogens is 303 g/mol. The molecule has 0 saturated heterocycles. The van der Waals surface area contributed by atoms with E-state index in [1.165, 1.54) is 12.1 Å². The highest BCUT2D eigenvalue weighted by Gasteiger charge is 2.29. The third-order valence-electron chi connectivity index (χ3n) is 3.44. The molecule has 1 N–H and O–H groups in total. The molecule has 0 bridgehead atoms. The van der Waals surface area contributed by atoms with E-state index in [1.54, 1.807) is 6.26 Å². The van der Waals surface area contributed by atoms with Gasteiger partial charge in [0.25, 0.3) is 0 Å². The number of hydrogen-bond donors (Lipinski definition) is 1. The molecule has 0 unspecified atom stereocenters. The van der Waals surface area contributed by atoms with Crippen LogP contribution in [0.4, 0.5) is 18.9 Å². The molecule has 2 nitrogen and oxygen atoms in total. The van der Waals surface area contributed by atoms with Gasteiger partial charge in [-0.15, -0.1) is 0 Å². The molecule has 0 saturated carbocycles. The second kappa shape index (κ2) is 6.20. The van der Waals surface area contributed by atoms with Gasteiger partial charge in [-0.3, -0.25) is 0 Å². The van der Waals surface area contributed by atoms with Crippen molar-refractivity contribution in [3.8, 4) is 11.1 Å². The average molecular weight is 317 g/mol. The number of rotatable bonds is 4. The number of alkyl halides is 3. The average Bonchev–Trinajstić information content (AvgIpc) is 3.02. The van der Waals surface area contributed by atoms with Gasteiger partial charge >= 0.3 is 6.18 Å². The summed E-state index contributed by atoms with van der Waals surface area (Å²) in [5.41, 5.74) is 1.76. The van der Waals surface area contributed by atoms with Gasteiger partial charge in [0.15, 0.2) is 0 Å². The molecule has 23 heavy (non-hydrogen) atoms. The molecule has 0 fully saturated rings. The lowest BCUT2D eigenvalue weighted by Crippen LogP contribution is -2.03. The predicted octanol–water partition coefficient (Wildman–Crippen LogP) is 5.58. The van der Waals surface area contributed by atoms with E-state index in [0.717, 1.165) is 23.4 Å². The van der Waals surface area contributed by atoms with Crippen LogP contribution in [0.3, 0.4) is 0 Å². The van der Waals surface area contributed by atoms with Crippen molar-refractivity contribution in [2.45, 2.75) is 12.7 Å². The minimum Gasteiger partial charge on any atom is -0.467 e. The van der Waals surface area contributed by atoms with E-state index in [1.807, 2.05) is 36.4 Å². The molecule has 0 aliphatic heterocycles. The highest BCUT2D eigenvalue weighted by molar-refractivity contribution is 5.63. The molecule has 0 spiro atoms. The molecule has 3 aromatic rings. The van der Waals surface area contributed by atoms with Crippen molar-refractivity contribution in [1.29, 1.82) is 0 Å². The fraction of sp³-hybridized carbons (Fsp3) is 0.111. The minimum atomic E-state index is -4.32. The highest BCUT2D eigenvalue weighted by Crippen LogP contribution is 2.31. The summed E-state index contributed by atoms with van der Waals surface area (Å²) in [6.07, 6.45) is -2.77. The second-order valence-electron chi connectivity index (χ2n) is 5.10. The van der Waals surface area contributed by atoms with Crippen LogP contribution >= 0.6 is 0 Å². The van der Waals surface area contributed by atoms with Gasteiger partial charge in [-0.25, -0.2) is 0 Å². The van der Waals surface area contributed by atoms with Crippen molar-refractivity contribution in [2.75, 3.05) is 5.32 Å². The largest absolute Gasteiger partial charge is 0.467 e.